The van der Waals surface area contributed by atoms with Crippen LogP contribution in [0.2, 0.25) is 0 Å². The van der Waals surface area contributed by atoms with Gasteiger partial charge in [-0.25, -0.2) is 0 Å². The molecule has 3 rings (SSSR count). The molecule has 0 saturated carbocycles. The highest BCUT2D eigenvalue weighted by Gasteiger charge is 2.31. The fourth-order valence-corrected chi connectivity index (χ4v) is 2.54. The van der Waals surface area contributed by atoms with Gasteiger partial charge in [0.15, 0.2) is 4.33 Å². The van der Waals surface area contributed by atoms with Crippen LogP contribution in [0, 0.1) is 0 Å². The third-order valence-corrected chi connectivity index (χ3v) is 3.93. The van der Waals surface area contributed by atoms with E-state index in [-0.39, 0.29) is 5.56 Å². The zero-order chi connectivity index (χ0) is 16.8. The predicted molar refractivity (Wildman–Crippen MR) is 89.3 cm³/mol. The molecule has 0 bridgehead atoms. The van der Waals surface area contributed by atoms with Crippen molar-refractivity contribution in [3.8, 4) is 11.1 Å². The lowest BCUT2D eigenvalue weighted by molar-refractivity contribution is -0.116. The third-order valence-electron chi connectivity index (χ3n) is 3.59. The number of alkyl halides is 2. The molecule has 0 radical (unpaired) electrons. The van der Waals surface area contributed by atoms with E-state index in [1.54, 1.807) is 36.4 Å². The molecule has 1 aliphatic rings. The number of hydrogen-bond donors (Lipinski definition) is 1. The first kappa shape index (κ1) is 15.7. The van der Waals surface area contributed by atoms with Gasteiger partial charge >= 0.3 is 0 Å². The molecule has 0 unspecified atom stereocenters. The maximum atomic E-state index is 12.3. The summed E-state index contributed by atoms with van der Waals surface area (Å²) in [4.78, 5) is 36.3. The number of halogens is 2. The fourth-order valence-electron chi connectivity index (χ4n) is 2.45. The van der Waals surface area contributed by atoms with Crippen LogP contribution in [0.4, 0.5) is 5.69 Å². The molecule has 2 aromatic carbocycles. The lowest BCUT2D eigenvalue weighted by atomic mass is 9.84. The van der Waals surface area contributed by atoms with E-state index < -0.39 is 21.8 Å². The summed E-state index contributed by atoms with van der Waals surface area (Å²) in [5.74, 6) is -1.78. The Hall–Kier alpha value is -2.17. The second-order valence-corrected chi connectivity index (χ2v) is 7.01. The third kappa shape index (κ3) is 2.76. The van der Waals surface area contributed by atoms with Crippen molar-refractivity contribution in [3.05, 3.63) is 53.6 Å². The number of Topliss-reactive ketones (excluding diaryl/α,β-unsaturated/α-hetero) is 2. The van der Waals surface area contributed by atoms with Gasteiger partial charge < -0.3 is 5.32 Å². The van der Waals surface area contributed by atoms with E-state index >= 15 is 0 Å². The Bertz CT molecular complexity index is 853. The second kappa shape index (κ2) is 5.48. The SMILES string of the molecule is CC(Cl)(Cl)C(=O)Nc1ccc2c(c1)C(=O)C(=O)c1ccccc1-2. The van der Waals surface area contributed by atoms with Gasteiger partial charge in [-0.15, -0.1) is 0 Å². The van der Waals surface area contributed by atoms with E-state index in [9.17, 15) is 14.4 Å². The number of anilines is 1. The lowest BCUT2D eigenvalue weighted by Crippen LogP contribution is -2.29. The van der Waals surface area contributed by atoms with E-state index in [1.807, 2.05) is 0 Å². The molecule has 0 spiro atoms. The smallest absolute Gasteiger partial charge is 0.260 e. The molecule has 1 N–H and O–H groups in total. The van der Waals surface area contributed by atoms with Crippen molar-refractivity contribution >= 4 is 46.4 Å². The molecule has 0 heterocycles. The number of fused-ring (bicyclic) bond motifs is 3. The molecule has 0 aliphatic heterocycles. The monoisotopic (exact) mass is 347 g/mol. The number of ketones is 2. The topological polar surface area (TPSA) is 63.2 Å². The Morgan fingerprint density at radius 1 is 0.913 bits per heavy atom. The van der Waals surface area contributed by atoms with E-state index in [0.717, 1.165) is 0 Å². The average molecular weight is 348 g/mol. The second-order valence-electron chi connectivity index (χ2n) is 5.31. The Labute approximate surface area is 142 Å². The molecule has 4 nitrogen and oxygen atoms in total. The highest BCUT2D eigenvalue weighted by molar-refractivity contribution is 6.58. The summed E-state index contributed by atoms with van der Waals surface area (Å²) in [5, 5.41) is 2.52. The van der Waals surface area contributed by atoms with Gasteiger partial charge in [0.05, 0.1) is 0 Å². The van der Waals surface area contributed by atoms with Crippen LogP contribution in [0.1, 0.15) is 27.6 Å². The minimum atomic E-state index is -1.59. The zero-order valence-electron chi connectivity index (χ0n) is 12.0. The molecule has 0 fully saturated rings. The lowest BCUT2D eigenvalue weighted by Gasteiger charge is -2.19. The molecular formula is C17H11Cl2NO3. The van der Waals surface area contributed by atoms with Gasteiger partial charge in [0.1, 0.15) is 0 Å². The molecular weight excluding hydrogens is 337 g/mol. The van der Waals surface area contributed by atoms with Crippen molar-refractivity contribution in [3.63, 3.8) is 0 Å². The van der Waals surface area contributed by atoms with E-state index in [1.165, 1.54) is 13.0 Å². The molecule has 116 valence electrons. The number of nitrogens with one attached hydrogen (secondary N) is 1. The van der Waals surface area contributed by atoms with Crippen LogP contribution in [-0.4, -0.2) is 21.8 Å². The molecule has 2 aromatic rings. The molecule has 0 aromatic heterocycles. The number of benzene rings is 2. The summed E-state index contributed by atoms with van der Waals surface area (Å²) in [5.41, 5.74) is 2.34. The standard InChI is InChI=1S/C17H11Cl2NO3/c1-17(18,19)16(23)20-9-6-7-11-10-4-2-3-5-12(10)14(21)15(22)13(11)8-9/h2-8H,1H3,(H,20,23). The summed E-state index contributed by atoms with van der Waals surface area (Å²) in [6, 6.07) is 11.7. The van der Waals surface area contributed by atoms with Crippen molar-refractivity contribution < 1.29 is 14.4 Å². The van der Waals surface area contributed by atoms with Gasteiger partial charge in [-0.2, -0.15) is 0 Å². The van der Waals surface area contributed by atoms with Gasteiger partial charge in [-0.3, -0.25) is 14.4 Å². The predicted octanol–water partition coefficient (Wildman–Crippen LogP) is 3.86. The normalized spacial score (nSPS) is 13.3. The Morgan fingerprint density at radius 3 is 2.13 bits per heavy atom. The first-order valence-electron chi connectivity index (χ1n) is 6.81. The van der Waals surface area contributed by atoms with Crippen LogP contribution >= 0.6 is 23.2 Å². The van der Waals surface area contributed by atoms with Crippen LogP contribution in [0.15, 0.2) is 42.5 Å². The van der Waals surface area contributed by atoms with E-state index in [2.05, 4.69) is 5.32 Å². The first-order chi connectivity index (χ1) is 10.8. The maximum absolute atomic E-state index is 12.3. The average Bonchev–Trinajstić information content (AvgIpc) is 2.51. The Balaban J connectivity index is 2.06. The van der Waals surface area contributed by atoms with Crippen molar-refractivity contribution in [1.29, 1.82) is 0 Å². The van der Waals surface area contributed by atoms with Gasteiger partial charge in [-0.1, -0.05) is 53.5 Å². The number of carbonyl (C=O) groups is 3. The van der Waals surface area contributed by atoms with Crippen LogP contribution in [0.3, 0.4) is 0 Å². The Morgan fingerprint density at radius 2 is 1.48 bits per heavy atom. The van der Waals surface area contributed by atoms with Gasteiger partial charge in [0, 0.05) is 16.8 Å². The molecule has 0 saturated heterocycles. The number of hydrogen-bond acceptors (Lipinski definition) is 3. The zero-order valence-corrected chi connectivity index (χ0v) is 13.5. The molecule has 23 heavy (non-hydrogen) atoms. The summed E-state index contributed by atoms with van der Waals surface area (Å²) in [6.45, 7) is 1.34. The van der Waals surface area contributed by atoms with Crippen molar-refractivity contribution in [2.75, 3.05) is 5.32 Å². The first-order valence-corrected chi connectivity index (χ1v) is 7.56. The van der Waals surface area contributed by atoms with E-state index in [0.29, 0.717) is 22.4 Å². The Kier molecular flexibility index (Phi) is 3.74. The van der Waals surface area contributed by atoms with Crippen LogP contribution in [0.5, 0.6) is 0 Å². The summed E-state index contributed by atoms with van der Waals surface area (Å²) < 4.78 is -1.59. The largest absolute Gasteiger partial charge is 0.323 e. The molecule has 6 heteroatoms. The molecule has 1 amide bonds. The number of amides is 1. The highest BCUT2D eigenvalue weighted by atomic mass is 35.5. The minimum Gasteiger partial charge on any atom is -0.323 e. The summed E-state index contributed by atoms with van der Waals surface area (Å²) >= 11 is 11.5. The summed E-state index contributed by atoms with van der Waals surface area (Å²) in [6.07, 6.45) is 0. The van der Waals surface area contributed by atoms with Crippen molar-refractivity contribution in [2.24, 2.45) is 0 Å². The maximum Gasteiger partial charge on any atom is 0.260 e. The van der Waals surface area contributed by atoms with Crippen LogP contribution < -0.4 is 5.32 Å². The van der Waals surface area contributed by atoms with Gasteiger partial charge in [0.2, 0.25) is 11.6 Å². The van der Waals surface area contributed by atoms with Crippen molar-refractivity contribution in [1.82, 2.24) is 0 Å². The number of rotatable bonds is 2. The van der Waals surface area contributed by atoms with Crippen LogP contribution in [0.25, 0.3) is 11.1 Å². The van der Waals surface area contributed by atoms with E-state index in [4.69, 9.17) is 23.2 Å². The quantitative estimate of drug-likeness (QED) is 0.662. The number of carbonyl (C=O) groups excluding carboxylic acids is 3. The van der Waals surface area contributed by atoms with Crippen molar-refractivity contribution in [2.45, 2.75) is 11.3 Å². The fraction of sp³-hybridized carbons (Fsp3) is 0.118. The van der Waals surface area contributed by atoms with Gasteiger partial charge in [0.25, 0.3) is 5.91 Å². The minimum absolute atomic E-state index is 0.248. The summed E-state index contributed by atoms with van der Waals surface area (Å²) in [7, 11) is 0. The molecule has 0 atom stereocenters. The van der Waals surface area contributed by atoms with Gasteiger partial charge in [-0.05, 0) is 30.2 Å². The highest BCUT2D eigenvalue weighted by Crippen LogP contribution is 2.35. The molecule has 1 aliphatic carbocycles. The van der Waals surface area contributed by atoms with Crippen LogP contribution in [-0.2, 0) is 4.79 Å².